The smallest absolute Gasteiger partial charge is 0.163 e. The molecule has 0 N–H and O–H groups in total. The maximum atomic E-state index is 15.2. The van der Waals surface area contributed by atoms with E-state index in [1.54, 1.807) is 37.5 Å². The number of hydrogen-bond acceptors (Lipinski definition) is 7. The van der Waals surface area contributed by atoms with Crippen molar-refractivity contribution in [3.8, 4) is 5.69 Å². The number of rotatable bonds is 12. The van der Waals surface area contributed by atoms with Gasteiger partial charge >= 0.3 is 0 Å². The van der Waals surface area contributed by atoms with E-state index in [0.29, 0.717) is 17.8 Å². The summed E-state index contributed by atoms with van der Waals surface area (Å²) in [5, 5.41) is 7.47. The zero-order valence-electron chi connectivity index (χ0n) is 22.6. The lowest BCUT2D eigenvalue weighted by molar-refractivity contribution is 0.00141. The van der Waals surface area contributed by atoms with Crippen LogP contribution in [0.25, 0.3) is 11.8 Å². The Bertz CT molecular complexity index is 1360. The first-order chi connectivity index (χ1) is 17.5. The van der Waals surface area contributed by atoms with Gasteiger partial charge in [-0.1, -0.05) is 37.8 Å². The van der Waals surface area contributed by atoms with Crippen LogP contribution in [0.1, 0.15) is 74.7 Å². The molecule has 206 valence electrons. The van der Waals surface area contributed by atoms with E-state index in [1.165, 1.54) is 16.7 Å². The lowest BCUT2D eigenvalue weighted by atomic mass is 10.1. The highest BCUT2D eigenvalue weighted by molar-refractivity contribution is 7.91. The third-order valence-corrected chi connectivity index (χ3v) is 8.02. The molecular weight excluding hydrogens is 524 g/mol. The van der Waals surface area contributed by atoms with E-state index >= 15 is 4.39 Å². The van der Waals surface area contributed by atoms with Gasteiger partial charge in [0.15, 0.2) is 21.5 Å². The number of halogens is 1. The minimum atomic E-state index is -3.90. The molecule has 3 rings (SSSR count). The van der Waals surface area contributed by atoms with E-state index in [2.05, 4.69) is 33.3 Å². The molecule has 0 spiro atoms. The Morgan fingerprint density at radius 3 is 2.34 bits per heavy atom. The van der Waals surface area contributed by atoms with Gasteiger partial charge < -0.3 is 4.74 Å². The van der Waals surface area contributed by atoms with Crippen LogP contribution in [0.5, 0.6) is 0 Å². The molecule has 0 saturated carbocycles. The van der Waals surface area contributed by atoms with Gasteiger partial charge in [-0.2, -0.15) is 9.90 Å². The van der Waals surface area contributed by atoms with Crippen LogP contribution >= 0.6 is 9.90 Å². The number of aromatic nitrogens is 5. The maximum absolute atomic E-state index is 15.2. The molecule has 0 saturated heterocycles. The SMILES string of the molecule is C=CC[C@@H](C)c1nnc(CS(=O)(=O)[C@@H](C)[C@@H](OC(C)C)c2ncc(C)cn2)n1-c1c(F)cccc1C=C.P. The summed E-state index contributed by atoms with van der Waals surface area (Å²) in [4.78, 5) is 8.63. The van der Waals surface area contributed by atoms with Crippen molar-refractivity contribution in [3.63, 3.8) is 0 Å². The van der Waals surface area contributed by atoms with Crippen molar-refractivity contribution in [1.82, 2.24) is 24.7 Å². The third kappa shape index (κ3) is 6.98. The lowest BCUT2D eigenvalue weighted by Gasteiger charge is -2.25. The summed E-state index contributed by atoms with van der Waals surface area (Å²) in [6.45, 7) is 16.5. The predicted octanol–water partition coefficient (Wildman–Crippen LogP) is 5.36. The molecule has 0 aliphatic heterocycles. The Labute approximate surface area is 228 Å². The zero-order valence-corrected chi connectivity index (χ0v) is 24.9. The fourth-order valence-electron chi connectivity index (χ4n) is 4.00. The van der Waals surface area contributed by atoms with Crippen LogP contribution in [0.3, 0.4) is 0 Å². The fraction of sp³-hybridized carbons (Fsp3) is 0.407. The Morgan fingerprint density at radius 1 is 1.11 bits per heavy atom. The van der Waals surface area contributed by atoms with Gasteiger partial charge in [0.25, 0.3) is 0 Å². The van der Waals surface area contributed by atoms with Crippen LogP contribution < -0.4 is 0 Å². The first kappa shape index (κ1) is 31.4. The second-order valence-electron chi connectivity index (χ2n) is 9.35. The van der Waals surface area contributed by atoms with E-state index in [1.807, 2.05) is 27.7 Å². The van der Waals surface area contributed by atoms with Crippen molar-refractivity contribution in [2.24, 2.45) is 0 Å². The predicted molar refractivity (Wildman–Crippen MR) is 154 cm³/mol. The Morgan fingerprint density at radius 2 is 1.76 bits per heavy atom. The highest BCUT2D eigenvalue weighted by Crippen LogP contribution is 2.31. The average Bonchev–Trinajstić information content (AvgIpc) is 3.24. The van der Waals surface area contributed by atoms with Crippen LogP contribution in [0, 0.1) is 12.7 Å². The number of para-hydroxylation sites is 1. The van der Waals surface area contributed by atoms with Gasteiger partial charge in [0.1, 0.15) is 23.5 Å². The van der Waals surface area contributed by atoms with Gasteiger partial charge in [0.2, 0.25) is 0 Å². The number of nitrogens with zero attached hydrogens (tertiary/aromatic N) is 5. The molecule has 11 heteroatoms. The summed E-state index contributed by atoms with van der Waals surface area (Å²) in [6.07, 6.45) is 5.87. The van der Waals surface area contributed by atoms with E-state index < -0.39 is 32.8 Å². The van der Waals surface area contributed by atoms with Crippen molar-refractivity contribution in [2.45, 2.75) is 70.2 Å². The number of aryl methyl sites for hydroxylation is 1. The van der Waals surface area contributed by atoms with Gasteiger partial charge in [0, 0.05) is 23.9 Å². The van der Waals surface area contributed by atoms with Crippen LogP contribution in [0.4, 0.5) is 4.39 Å². The highest BCUT2D eigenvalue weighted by atomic mass is 32.2. The molecule has 0 amide bonds. The van der Waals surface area contributed by atoms with E-state index in [-0.39, 0.29) is 39.3 Å². The quantitative estimate of drug-likeness (QED) is 0.217. The summed E-state index contributed by atoms with van der Waals surface area (Å²) in [7, 11) is -3.90. The molecule has 0 aliphatic carbocycles. The molecule has 0 bridgehead atoms. The molecule has 3 aromatic rings. The molecule has 1 aromatic carbocycles. The molecule has 0 fully saturated rings. The van der Waals surface area contributed by atoms with Crippen LogP contribution in [0.15, 0.2) is 49.8 Å². The van der Waals surface area contributed by atoms with Gasteiger partial charge in [-0.3, -0.25) is 4.57 Å². The van der Waals surface area contributed by atoms with Gasteiger partial charge in [-0.25, -0.2) is 22.8 Å². The molecule has 38 heavy (non-hydrogen) atoms. The number of sulfone groups is 1. The van der Waals surface area contributed by atoms with Crippen molar-refractivity contribution >= 4 is 25.8 Å². The second-order valence-corrected chi connectivity index (χ2v) is 11.7. The molecule has 0 aliphatic rings. The molecule has 0 radical (unpaired) electrons. The minimum absolute atomic E-state index is 0. The normalized spacial score (nSPS) is 14.0. The Hall–Kier alpha value is -2.81. The fourth-order valence-corrected chi connectivity index (χ4v) is 5.37. The summed E-state index contributed by atoms with van der Waals surface area (Å²) in [5.74, 6) is -0.405. The van der Waals surface area contributed by atoms with Crippen molar-refractivity contribution in [1.29, 1.82) is 0 Å². The highest BCUT2D eigenvalue weighted by Gasteiger charge is 2.36. The number of allylic oxidation sites excluding steroid dienone is 1. The monoisotopic (exact) mass is 561 g/mol. The minimum Gasteiger partial charge on any atom is -0.366 e. The second kappa shape index (κ2) is 13.3. The van der Waals surface area contributed by atoms with E-state index in [4.69, 9.17) is 4.74 Å². The molecular formula is C27H37FN5O3PS. The zero-order chi connectivity index (χ0) is 27.3. The average molecular weight is 562 g/mol. The summed E-state index contributed by atoms with van der Waals surface area (Å²) in [6, 6.07) is 4.59. The van der Waals surface area contributed by atoms with Gasteiger partial charge in [0.05, 0.1) is 17.0 Å². The van der Waals surface area contributed by atoms with Crippen LogP contribution in [-0.2, 0) is 20.3 Å². The largest absolute Gasteiger partial charge is 0.366 e. The van der Waals surface area contributed by atoms with Crippen LogP contribution in [0.2, 0.25) is 0 Å². The number of hydrogen-bond donors (Lipinski definition) is 0. The molecule has 8 nitrogen and oxygen atoms in total. The molecule has 4 atom stereocenters. The Kier molecular flexibility index (Phi) is 11.0. The third-order valence-electron chi connectivity index (χ3n) is 5.97. The first-order valence-corrected chi connectivity index (χ1v) is 13.8. The maximum Gasteiger partial charge on any atom is 0.163 e. The van der Waals surface area contributed by atoms with Crippen molar-refractivity contribution in [3.05, 3.63) is 84.2 Å². The Balaban J connectivity index is 0.00000507. The van der Waals surface area contributed by atoms with E-state index in [0.717, 1.165) is 5.56 Å². The van der Waals surface area contributed by atoms with Crippen LogP contribution in [-0.4, -0.2) is 44.5 Å². The molecule has 2 heterocycles. The van der Waals surface area contributed by atoms with Gasteiger partial charge in [-0.05, 0) is 45.7 Å². The number of benzene rings is 1. The van der Waals surface area contributed by atoms with Crippen molar-refractivity contribution in [2.75, 3.05) is 0 Å². The molecule has 1 unspecified atom stereocenters. The van der Waals surface area contributed by atoms with Crippen molar-refractivity contribution < 1.29 is 17.5 Å². The van der Waals surface area contributed by atoms with Gasteiger partial charge in [-0.15, -0.1) is 16.8 Å². The standard InChI is InChI=1S/C27H34FN5O3S.H3P/c1-8-11-19(6)27-32-31-23(33(27)24-21(9-2)12-10-13-22(24)28)16-37(34,35)20(7)25(36-17(3)4)26-29-14-18(5)15-30-26;/h8-10,12-15,17,19-20,25H,1-2,11,16H2,3-7H3;1H3/t19-,20+,25-;/m1./s1. The van der Waals surface area contributed by atoms with E-state index in [9.17, 15) is 8.42 Å². The molecule has 2 aromatic heterocycles. The summed E-state index contributed by atoms with van der Waals surface area (Å²) < 4.78 is 50.2. The lowest BCUT2D eigenvalue weighted by Crippen LogP contribution is -2.32. The summed E-state index contributed by atoms with van der Waals surface area (Å²) >= 11 is 0. The first-order valence-electron chi connectivity index (χ1n) is 12.1. The summed E-state index contributed by atoms with van der Waals surface area (Å²) in [5.41, 5.74) is 1.50. The number of ether oxygens (including phenoxy) is 1. The topological polar surface area (TPSA) is 99.9 Å².